The second kappa shape index (κ2) is 5.94. The Morgan fingerprint density at radius 3 is 2.48 bits per heavy atom. The van der Waals surface area contributed by atoms with E-state index in [2.05, 4.69) is 10.6 Å². The number of para-hydroxylation sites is 1. The smallest absolute Gasteiger partial charge is 0.271 e. The predicted molar refractivity (Wildman–Crippen MR) is 96.9 cm³/mol. The summed E-state index contributed by atoms with van der Waals surface area (Å²) >= 11 is 0. The SMILES string of the molecule is NC(=O)c1ccc(NC(=O)[C@]23CCC(=O)N2c2ccccc2C(=O)N3)cc1. The lowest BCUT2D eigenvalue weighted by molar-refractivity contribution is -0.124. The van der Waals surface area contributed by atoms with E-state index in [0.717, 1.165) is 0 Å². The fourth-order valence-corrected chi connectivity index (χ4v) is 3.52. The minimum Gasteiger partial charge on any atom is -0.366 e. The third kappa shape index (κ3) is 2.53. The highest BCUT2D eigenvalue weighted by Crippen LogP contribution is 2.39. The van der Waals surface area contributed by atoms with Crippen molar-refractivity contribution in [2.24, 2.45) is 5.73 Å². The zero-order valence-corrected chi connectivity index (χ0v) is 14.2. The van der Waals surface area contributed by atoms with Gasteiger partial charge in [-0.3, -0.25) is 24.1 Å². The van der Waals surface area contributed by atoms with E-state index in [1.165, 1.54) is 29.2 Å². The molecule has 1 atom stereocenters. The Labute approximate surface area is 154 Å². The molecule has 2 heterocycles. The van der Waals surface area contributed by atoms with Crippen molar-refractivity contribution in [3.8, 4) is 0 Å². The molecule has 4 N–H and O–H groups in total. The Bertz CT molecular complexity index is 985. The maximum Gasteiger partial charge on any atom is 0.271 e. The molecule has 8 nitrogen and oxygen atoms in total. The lowest BCUT2D eigenvalue weighted by Crippen LogP contribution is -2.68. The first-order valence-corrected chi connectivity index (χ1v) is 8.38. The van der Waals surface area contributed by atoms with Crippen LogP contribution < -0.4 is 21.3 Å². The Balaban J connectivity index is 1.69. The second-order valence-electron chi connectivity index (χ2n) is 6.46. The van der Waals surface area contributed by atoms with Crippen LogP contribution >= 0.6 is 0 Å². The maximum absolute atomic E-state index is 13.1. The zero-order chi connectivity index (χ0) is 19.2. The number of hydrogen-bond donors (Lipinski definition) is 3. The Morgan fingerprint density at radius 2 is 1.78 bits per heavy atom. The molecular weight excluding hydrogens is 348 g/mol. The van der Waals surface area contributed by atoms with Gasteiger partial charge in [0.05, 0.1) is 11.3 Å². The molecule has 0 spiro atoms. The third-order valence-electron chi connectivity index (χ3n) is 4.84. The largest absolute Gasteiger partial charge is 0.366 e. The molecule has 0 unspecified atom stereocenters. The number of nitrogens with two attached hydrogens (primary N) is 1. The van der Waals surface area contributed by atoms with Gasteiger partial charge in [0.25, 0.3) is 11.8 Å². The van der Waals surface area contributed by atoms with Gasteiger partial charge in [0.2, 0.25) is 17.5 Å². The summed E-state index contributed by atoms with van der Waals surface area (Å²) in [6, 6.07) is 12.7. The van der Waals surface area contributed by atoms with E-state index in [1.54, 1.807) is 24.3 Å². The average Bonchev–Trinajstić information content (AvgIpc) is 3.00. The van der Waals surface area contributed by atoms with Gasteiger partial charge in [-0.05, 0) is 36.4 Å². The highest BCUT2D eigenvalue weighted by atomic mass is 16.2. The van der Waals surface area contributed by atoms with Crippen LogP contribution in [0, 0.1) is 0 Å². The average molecular weight is 364 g/mol. The molecule has 4 rings (SSSR count). The molecule has 1 saturated heterocycles. The molecule has 2 aromatic rings. The van der Waals surface area contributed by atoms with Gasteiger partial charge >= 0.3 is 0 Å². The fraction of sp³-hybridized carbons (Fsp3) is 0.158. The number of rotatable bonds is 3. The number of nitrogens with one attached hydrogen (secondary N) is 2. The maximum atomic E-state index is 13.1. The van der Waals surface area contributed by atoms with E-state index in [4.69, 9.17) is 5.73 Å². The van der Waals surface area contributed by atoms with Crippen molar-refractivity contribution < 1.29 is 19.2 Å². The molecule has 136 valence electrons. The molecule has 27 heavy (non-hydrogen) atoms. The van der Waals surface area contributed by atoms with E-state index < -0.39 is 23.4 Å². The molecule has 0 radical (unpaired) electrons. The summed E-state index contributed by atoms with van der Waals surface area (Å²) in [7, 11) is 0. The number of primary amides is 1. The Hall–Kier alpha value is -3.68. The molecular formula is C19H16N4O4. The van der Waals surface area contributed by atoms with Crippen molar-refractivity contribution >= 4 is 35.0 Å². The molecule has 0 aromatic heterocycles. The summed E-state index contributed by atoms with van der Waals surface area (Å²) in [5, 5.41) is 5.42. The van der Waals surface area contributed by atoms with E-state index in [9.17, 15) is 19.2 Å². The number of amides is 4. The molecule has 0 saturated carbocycles. The van der Waals surface area contributed by atoms with Gasteiger partial charge < -0.3 is 16.4 Å². The van der Waals surface area contributed by atoms with Crippen molar-refractivity contribution in [2.45, 2.75) is 18.5 Å². The summed E-state index contributed by atoms with van der Waals surface area (Å²) < 4.78 is 0. The van der Waals surface area contributed by atoms with Crippen LogP contribution in [-0.4, -0.2) is 29.3 Å². The fourth-order valence-electron chi connectivity index (χ4n) is 3.52. The standard InChI is InChI=1S/C19H16N4O4/c20-16(25)11-5-7-12(8-6-11)21-18(27)19-10-9-15(24)23(19)14-4-2-1-3-13(14)17(26)22-19/h1-8H,9-10H2,(H2,20,25)(H,21,27)(H,22,26)/t19-/m0/s1. The van der Waals surface area contributed by atoms with E-state index in [-0.39, 0.29) is 18.7 Å². The molecule has 0 aliphatic carbocycles. The quantitative estimate of drug-likeness (QED) is 0.752. The third-order valence-corrected chi connectivity index (χ3v) is 4.84. The van der Waals surface area contributed by atoms with Crippen LogP contribution in [0.5, 0.6) is 0 Å². The van der Waals surface area contributed by atoms with Gasteiger partial charge in [-0.2, -0.15) is 0 Å². The van der Waals surface area contributed by atoms with Crippen LogP contribution in [0.15, 0.2) is 48.5 Å². The minimum absolute atomic E-state index is 0.142. The number of hydrogen-bond acceptors (Lipinski definition) is 4. The van der Waals surface area contributed by atoms with E-state index >= 15 is 0 Å². The van der Waals surface area contributed by atoms with Crippen LogP contribution in [0.3, 0.4) is 0 Å². The minimum atomic E-state index is -1.48. The van der Waals surface area contributed by atoms with Crippen molar-refractivity contribution in [1.29, 1.82) is 0 Å². The van der Waals surface area contributed by atoms with Gasteiger partial charge in [0.1, 0.15) is 0 Å². The van der Waals surface area contributed by atoms with Gasteiger partial charge in [0, 0.05) is 24.1 Å². The molecule has 1 fully saturated rings. The van der Waals surface area contributed by atoms with E-state index in [0.29, 0.717) is 22.5 Å². The van der Waals surface area contributed by atoms with Gasteiger partial charge in [-0.1, -0.05) is 12.1 Å². The monoisotopic (exact) mass is 364 g/mol. The lowest BCUT2D eigenvalue weighted by atomic mass is 9.98. The normalized spacial score (nSPS) is 20.5. The number of nitrogens with zero attached hydrogens (tertiary/aromatic N) is 1. The first kappa shape index (κ1) is 16.8. The van der Waals surface area contributed by atoms with Gasteiger partial charge in [0.15, 0.2) is 0 Å². The Kier molecular flexibility index (Phi) is 3.69. The van der Waals surface area contributed by atoms with Crippen LogP contribution in [0.2, 0.25) is 0 Å². The van der Waals surface area contributed by atoms with Crippen molar-refractivity contribution in [1.82, 2.24) is 5.32 Å². The Morgan fingerprint density at radius 1 is 1.07 bits per heavy atom. The summed E-state index contributed by atoms with van der Waals surface area (Å²) in [5.41, 5.74) is 5.23. The molecule has 2 aliphatic heterocycles. The van der Waals surface area contributed by atoms with Gasteiger partial charge in [-0.15, -0.1) is 0 Å². The number of carbonyl (C=O) groups is 4. The molecule has 8 heteroatoms. The second-order valence-corrected chi connectivity index (χ2v) is 6.46. The van der Waals surface area contributed by atoms with Crippen molar-refractivity contribution in [3.63, 3.8) is 0 Å². The first-order chi connectivity index (χ1) is 12.9. The predicted octanol–water partition coefficient (Wildman–Crippen LogP) is 0.991. The first-order valence-electron chi connectivity index (χ1n) is 8.38. The lowest BCUT2D eigenvalue weighted by Gasteiger charge is -2.41. The summed E-state index contributed by atoms with van der Waals surface area (Å²) in [4.78, 5) is 50.6. The number of fused-ring (bicyclic) bond motifs is 3. The summed E-state index contributed by atoms with van der Waals surface area (Å²) in [6.45, 7) is 0. The highest BCUT2D eigenvalue weighted by molar-refractivity contribution is 6.18. The molecule has 4 amide bonds. The van der Waals surface area contributed by atoms with Gasteiger partial charge in [-0.25, -0.2) is 0 Å². The highest BCUT2D eigenvalue weighted by Gasteiger charge is 2.56. The molecule has 0 bridgehead atoms. The van der Waals surface area contributed by atoms with Crippen molar-refractivity contribution in [3.05, 3.63) is 59.7 Å². The van der Waals surface area contributed by atoms with Crippen LogP contribution in [0.1, 0.15) is 33.6 Å². The number of carbonyl (C=O) groups excluding carboxylic acids is 4. The zero-order valence-electron chi connectivity index (χ0n) is 14.2. The number of anilines is 2. The van der Waals surface area contributed by atoms with Crippen LogP contribution in [-0.2, 0) is 9.59 Å². The van der Waals surface area contributed by atoms with E-state index in [1.807, 2.05) is 0 Å². The molecule has 2 aromatic carbocycles. The van der Waals surface area contributed by atoms with Crippen molar-refractivity contribution in [2.75, 3.05) is 10.2 Å². The topological polar surface area (TPSA) is 122 Å². The summed E-state index contributed by atoms with van der Waals surface area (Å²) in [5.74, 6) is -1.74. The van der Waals surface area contributed by atoms with Crippen LogP contribution in [0.4, 0.5) is 11.4 Å². The summed E-state index contributed by atoms with van der Waals surface area (Å²) in [6.07, 6.45) is 0.305. The number of benzene rings is 2. The van der Waals surface area contributed by atoms with Crippen LogP contribution in [0.25, 0.3) is 0 Å². The molecule has 2 aliphatic rings.